The van der Waals surface area contributed by atoms with Gasteiger partial charge in [-0.25, -0.2) is 4.99 Å². The molecule has 1 aromatic carbocycles. The van der Waals surface area contributed by atoms with Gasteiger partial charge in [0.2, 0.25) is 5.90 Å². The molecule has 0 amide bonds. The number of ether oxygens (including phenoxy) is 1. The number of rotatable bonds is 1. The molecule has 0 saturated heterocycles. The summed E-state index contributed by atoms with van der Waals surface area (Å²) in [5.41, 5.74) is 3.66. The summed E-state index contributed by atoms with van der Waals surface area (Å²) >= 11 is 2.37. The highest BCUT2D eigenvalue weighted by molar-refractivity contribution is 14.1. The molecule has 3 heteroatoms. The Morgan fingerprint density at radius 2 is 2.00 bits per heavy atom. The molecular formula is C13H16INO. The van der Waals surface area contributed by atoms with Gasteiger partial charge in [-0.2, -0.15) is 0 Å². The van der Waals surface area contributed by atoms with E-state index in [0.29, 0.717) is 6.61 Å². The predicted octanol–water partition coefficient (Wildman–Crippen LogP) is 3.46. The van der Waals surface area contributed by atoms with Crippen LogP contribution in [0.2, 0.25) is 0 Å². The van der Waals surface area contributed by atoms with Gasteiger partial charge in [0.05, 0.1) is 5.54 Å². The summed E-state index contributed by atoms with van der Waals surface area (Å²) in [4.78, 5) is 4.61. The van der Waals surface area contributed by atoms with Crippen LogP contribution in [0.4, 0.5) is 0 Å². The second kappa shape index (κ2) is 4.02. The highest BCUT2D eigenvalue weighted by atomic mass is 127. The first-order valence-electron chi connectivity index (χ1n) is 5.39. The Kier molecular flexibility index (Phi) is 2.99. The number of aliphatic imine (C=N–C) groups is 1. The van der Waals surface area contributed by atoms with Gasteiger partial charge in [0.1, 0.15) is 6.61 Å². The molecule has 0 spiro atoms. The molecule has 0 fully saturated rings. The van der Waals surface area contributed by atoms with Gasteiger partial charge in [0.25, 0.3) is 0 Å². The lowest BCUT2D eigenvalue weighted by Gasteiger charge is -2.09. The summed E-state index contributed by atoms with van der Waals surface area (Å²) in [6.07, 6.45) is 0. The smallest absolute Gasteiger partial charge is 0.217 e. The molecule has 0 saturated carbocycles. The lowest BCUT2D eigenvalue weighted by Crippen LogP contribution is -2.17. The molecule has 0 aliphatic carbocycles. The molecule has 0 radical (unpaired) electrons. The van der Waals surface area contributed by atoms with Crippen molar-refractivity contribution in [2.24, 2.45) is 4.99 Å². The number of nitrogens with zero attached hydrogens (tertiary/aromatic N) is 1. The van der Waals surface area contributed by atoms with Crippen molar-refractivity contribution in [1.29, 1.82) is 0 Å². The van der Waals surface area contributed by atoms with E-state index in [2.05, 4.69) is 67.4 Å². The largest absolute Gasteiger partial charge is 0.475 e. The van der Waals surface area contributed by atoms with Gasteiger partial charge < -0.3 is 4.74 Å². The van der Waals surface area contributed by atoms with Crippen LogP contribution in [-0.2, 0) is 4.74 Å². The van der Waals surface area contributed by atoms with Crippen LogP contribution in [0.5, 0.6) is 0 Å². The third-order valence-electron chi connectivity index (χ3n) is 2.85. The standard InChI is InChI=1S/C13H16INO/c1-8-5-6-10(11(14)9(8)2)12-15-13(3,4)7-16-12/h5-6H,7H2,1-4H3. The van der Waals surface area contributed by atoms with Crippen LogP contribution in [0.25, 0.3) is 0 Å². The zero-order valence-corrected chi connectivity index (χ0v) is 12.3. The lowest BCUT2D eigenvalue weighted by molar-refractivity contribution is 0.279. The summed E-state index contributed by atoms with van der Waals surface area (Å²) in [5, 5.41) is 0. The van der Waals surface area contributed by atoms with Gasteiger partial charge in [0.15, 0.2) is 0 Å². The minimum atomic E-state index is -0.0861. The predicted molar refractivity (Wildman–Crippen MR) is 75.2 cm³/mol. The van der Waals surface area contributed by atoms with Gasteiger partial charge >= 0.3 is 0 Å². The number of aryl methyl sites for hydroxylation is 1. The van der Waals surface area contributed by atoms with E-state index in [0.717, 1.165) is 11.5 Å². The molecule has 16 heavy (non-hydrogen) atoms. The summed E-state index contributed by atoms with van der Waals surface area (Å²) in [5.74, 6) is 0.789. The summed E-state index contributed by atoms with van der Waals surface area (Å²) < 4.78 is 6.92. The van der Waals surface area contributed by atoms with Gasteiger partial charge in [-0.3, -0.25) is 0 Å². The first-order chi connectivity index (χ1) is 7.41. The Morgan fingerprint density at radius 1 is 1.31 bits per heavy atom. The molecular weight excluding hydrogens is 313 g/mol. The van der Waals surface area contributed by atoms with Crippen molar-refractivity contribution in [3.8, 4) is 0 Å². The fraction of sp³-hybridized carbons (Fsp3) is 0.462. The molecule has 0 bridgehead atoms. The number of halogens is 1. The number of hydrogen-bond acceptors (Lipinski definition) is 2. The van der Waals surface area contributed by atoms with Gasteiger partial charge in [-0.05, 0) is 67.5 Å². The van der Waals surface area contributed by atoms with Gasteiger partial charge in [0, 0.05) is 9.13 Å². The first kappa shape index (κ1) is 11.9. The van der Waals surface area contributed by atoms with Crippen LogP contribution in [0.15, 0.2) is 17.1 Å². The molecule has 86 valence electrons. The van der Waals surface area contributed by atoms with Gasteiger partial charge in [-0.15, -0.1) is 0 Å². The Balaban J connectivity index is 2.47. The van der Waals surface area contributed by atoms with Crippen molar-refractivity contribution in [2.75, 3.05) is 6.61 Å². The number of hydrogen-bond donors (Lipinski definition) is 0. The summed E-state index contributed by atoms with van der Waals surface area (Å²) in [7, 11) is 0. The maximum absolute atomic E-state index is 5.68. The van der Waals surface area contributed by atoms with E-state index in [1.165, 1.54) is 14.7 Å². The Morgan fingerprint density at radius 3 is 2.56 bits per heavy atom. The van der Waals surface area contributed by atoms with Crippen LogP contribution in [-0.4, -0.2) is 18.0 Å². The normalized spacial score (nSPS) is 18.2. The molecule has 1 aliphatic heterocycles. The zero-order valence-electron chi connectivity index (χ0n) is 10.1. The molecule has 0 unspecified atom stereocenters. The fourth-order valence-electron chi connectivity index (χ4n) is 1.67. The highest BCUT2D eigenvalue weighted by Crippen LogP contribution is 2.26. The zero-order chi connectivity index (χ0) is 11.9. The van der Waals surface area contributed by atoms with Crippen LogP contribution >= 0.6 is 22.6 Å². The van der Waals surface area contributed by atoms with Crippen molar-refractivity contribution in [3.05, 3.63) is 32.4 Å². The Labute approximate surface area is 110 Å². The highest BCUT2D eigenvalue weighted by Gasteiger charge is 2.28. The third kappa shape index (κ3) is 2.10. The molecule has 0 N–H and O–H groups in total. The molecule has 1 heterocycles. The van der Waals surface area contributed by atoms with Crippen LogP contribution in [0, 0.1) is 17.4 Å². The Bertz CT molecular complexity index is 463. The SMILES string of the molecule is Cc1ccc(C2=NC(C)(C)CO2)c(I)c1C. The van der Waals surface area contributed by atoms with Crippen LogP contribution in [0.1, 0.15) is 30.5 Å². The van der Waals surface area contributed by atoms with E-state index < -0.39 is 0 Å². The second-order valence-corrected chi connectivity index (χ2v) is 5.97. The summed E-state index contributed by atoms with van der Waals surface area (Å²) in [6, 6.07) is 4.23. The van der Waals surface area contributed by atoms with E-state index in [1.807, 2.05) is 0 Å². The van der Waals surface area contributed by atoms with Crippen molar-refractivity contribution in [2.45, 2.75) is 33.2 Å². The van der Waals surface area contributed by atoms with E-state index in [9.17, 15) is 0 Å². The van der Waals surface area contributed by atoms with Gasteiger partial charge in [-0.1, -0.05) is 6.07 Å². The van der Waals surface area contributed by atoms with Crippen molar-refractivity contribution in [1.82, 2.24) is 0 Å². The molecule has 0 atom stereocenters. The van der Waals surface area contributed by atoms with Crippen LogP contribution < -0.4 is 0 Å². The van der Waals surface area contributed by atoms with E-state index in [-0.39, 0.29) is 5.54 Å². The molecule has 1 aliphatic rings. The number of benzene rings is 1. The maximum Gasteiger partial charge on any atom is 0.217 e. The van der Waals surface area contributed by atoms with E-state index in [1.54, 1.807) is 0 Å². The lowest BCUT2D eigenvalue weighted by atomic mass is 10.1. The topological polar surface area (TPSA) is 21.6 Å². The van der Waals surface area contributed by atoms with Crippen molar-refractivity contribution in [3.63, 3.8) is 0 Å². The monoisotopic (exact) mass is 329 g/mol. The van der Waals surface area contributed by atoms with E-state index >= 15 is 0 Å². The molecule has 0 aromatic heterocycles. The molecule has 2 rings (SSSR count). The van der Waals surface area contributed by atoms with Crippen molar-refractivity contribution < 1.29 is 4.74 Å². The minimum Gasteiger partial charge on any atom is -0.475 e. The first-order valence-corrected chi connectivity index (χ1v) is 6.47. The Hall–Kier alpha value is -0.580. The fourth-order valence-corrected chi connectivity index (χ4v) is 2.51. The average molecular weight is 329 g/mol. The minimum absolute atomic E-state index is 0.0861. The van der Waals surface area contributed by atoms with Crippen molar-refractivity contribution >= 4 is 28.5 Å². The maximum atomic E-state index is 5.68. The quantitative estimate of drug-likeness (QED) is 0.723. The molecule has 1 aromatic rings. The van der Waals surface area contributed by atoms with E-state index in [4.69, 9.17) is 4.74 Å². The average Bonchev–Trinajstić information content (AvgIpc) is 2.55. The second-order valence-electron chi connectivity index (χ2n) is 4.89. The van der Waals surface area contributed by atoms with Crippen LogP contribution in [0.3, 0.4) is 0 Å². The third-order valence-corrected chi connectivity index (χ3v) is 4.24. The molecule has 2 nitrogen and oxygen atoms in total. The summed E-state index contributed by atoms with van der Waals surface area (Å²) in [6.45, 7) is 9.12.